The summed E-state index contributed by atoms with van der Waals surface area (Å²) in [5.41, 5.74) is 2.08. The quantitative estimate of drug-likeness (QED) is 0.825. The minimum atomic E-state index is 0.693. The van der Waals surface area contributed by atoms with Crippen molar-refractivity contribution >= 4 is 28.6 Å². The highest BCUT2D eigenvalue weighted by Crippen LogP contribution is 2.23. The van der Waals surface area contributed by atoms with Gasteiger partial charge in [-0.3, -0.25) is 4.90 Å². The highest BCUT2D eigenvalue weighted by atomic mass is 35.5. The molecule has 2 aromatic rings. The van der Waals surface area contributed by atoms with E-state index in [4.69, 9.17) is 21.3 Å². The van der Waals surface area contributed by atoms with Crippen LogP contribution >= 0.6 is 22.9 Å². The van der Waals surface area contributed by atoms with Crippen molar-refractivity contribution < 1.29 is 4.74 Å². The standard InChI is InChI=1S/C17H22ClN3OS/c1-14-13-23-17(19-16-6-3-2-5-15(16)18)21(14)8-4-7-20-9-11-22-12-10-20/h2-3,5-6,13H,4,7-12H2,1H3. The summed E-state index contributed by atoms with van der Waals surface area (Å²) in [4.78, 5) is 8.22. The molecule has 124 valence electrons. The third-order valence-corrected chi connectivity index (χ3v) is 5.32. The summed E-state index contributed by atoms with van der Waals surface area (Å²) in [6, 6.07) is 7.73. The van der Waals surface area contributed by atoms with Crippen LogP contribution in [0.15, 0.2) is 34.6 Å². The zero-order chi connectivity index (χ0) is 16.1. The van der Waals surface area contributed by atoms with Crippen LogP contribution in [0.25, 0.3) is 0 Å². The predicted molar refractivity (Wildman–Crippen MR) is 95.6 cm³/mol. The third-order valence-electron chi connectivity index (χ3n) is 4.02. The van der Waals surface area contributed by atoms with Gasteiger partial charge in [-0.25, -0.2) is 4.99 Å². The Morgan fingerprint density at radius 1 is 1.22 bits per heavy atom. The first-order valence-electron chi connectivity index (χ1n) is 7.98. The number of morpholine rings is 1. The molecule has 0 radical (unpaired) electrons. The highest BCUT2D eigenvalue weighted by molar-refractivity contribution is 7.07. The minimum absolute atomic E-state index is 0.693. The largest absolute Gasteiger partial charge is 0.379 e. The molecule has 0 amide bonds. The molecular weight excluding hydrogens is 330 g/mol. The first kappa shape index (κ1) is 16.7. The second-order valence-electron chi connectivity index (χ2n) is 5.68. The van der Waals surface area contributed by atoms with Crippen molar-refractivity contribution in [2.75, 3.05) is 32.8 Å². The van der Waals surface area contributed by atoms with Gasteiger partial charge < -0.3 is 9.30 Å². The lowest BCUT2D eigenvalue weighted by Crippen LogP contribution is -2.37. The van der Waals surface area contributed by atoms with Crippen LogP contribution in [-0.4, -0.2) is 42.3 Å². The fourth-order valence-corrected chi connectivity index (χ4v) is 3.79. The number of thiazole rings is 1. The van der Waals surface area contributed by atoms with E-state index in [0.29, 0.717) is 5.02 Å². The lowest BCUT2D eigenvalue weighted by molar-refractivity contribution is 0.0369. The topological polar surface area (TPSA) is 29.8 Å². The maximum Gasteiger partial charge on any atom is 0.190 e. The molecule has 1 aliphatic heterocycles. The van der Waals surface area contributed by atoms with Gasteiger partial charge >= 0.3 is 0 Å². The monoisotopic (exact) mass is 351 g/mol. The van der Waals surface area contributed by atoms with Gasteiger partial charge in [-0.2, -0.15) is 0 Å². The molecule has 2 heterocycles. The minimum Gasteiger partial charge on any atom is -0.379 e. The van der Waals surface area contributed by atoms with Gasteiger partial charge in [0, 0.05) is 37.3 Å². The third kappa shape index (κ3) is 4.44. The van der Waals surface area contributed by atoms with Gasteiger partial charge in [-0.05, 0) is 25.5 Å². The van der Waals surface area contributed by atoms with E-state index >= 15 is 0 Å². The number of aromatic nitrogens is 1. The second kappa shape index (κ2) is 8.11. The Morgan fingerprint density at radius 3 is 2.78 bits per heavy atom. The fourth-order valence-electron chi connectivity index (χ4n) is 2.70. The van der Waals surface area contributed by atoms with E-state index in [1.54, 1.807) is 11.3 Å². The van der Waals surface area contributed by atoms with Gasteiger partial charge in [0.2, 0.25) is 0 Å². The highest BCUT2D eigenvalue weighted by Gasteiger charge is 2.10. The van der Waals surface area contributed by atoms with Crippen molar-refractivity contribution in [3.8, 4) is 0 Å². The van der Waals surface area contributed by atoms with E-state index in [1.807, 2.05) is 24.3 Å². The lowest BCUT2D eigenvalue weighted by atomic mass is 10.3. The van der Waals surface area contributed by atoms with Crippen LogP contribution in [0.2, 0.25) is 5.02 Å². The number of ether oxygens (including phenoxy) is 1. The molecule has 1 fully saturated rings. The predicted octanol–water partition coefficient (Wildman–Crippen LogP) is 3.47. The van der Waals surface area contributed by atoms with Gasteiger partial charge in [-0.1, -0.05) is 23.7 Å². The van der Waals surface area contributed by atoms with E-state index in [2.05, 4.69) is 21.8 Å². The van der Waals surface area contributed by atoms with E-state index in [1.165, 1.54) is 5.69 Å². The number of hydrogen-bond donors (Lipinski definition) is 0. The Labute approximate surface area is 146 Å². The summed E-state index contributed by atoms with van der Waals surface area (Å²) in [5, 5.41) is 2.85. The van der Waals surface area contributed by atoms with Crippen molar-refractivity contribution in [2.45, 2.75) is 19.9 Å². The maximum absolute atomic E-state index is 6.22. The number of para-hydroxylation sites is 1. The number of benzene rings is 1. The van der Waals surface area contributed by atoms with Crippen LogP contribution in [0.4, 0.5) is 5.69 Å². The Morgan fingerprint density at radius 2 is 2.00 bits per heavy atom. The molecule has 0 atom stereocenters. The smallest absolute Gasteiger partial charge is 0.190 e. The summed E-state index contributed by atoms with van der Waals surface area (Å²) >= 11 is 7.89. The SMILES string of the molecule is Cc1csc(=Nc2ccccc2Cl)n1CCCN1CCOCC1. The fraction of sp³-hybridized carbons (Fsp3) is 0.471. The van der Waals surface area contributed by atoms with Gasteiger partial charge in [0.25, 0.3) is 0 Å². The van der Waals surface area contributed by atoms with E-state index in [0.717, 1.165) is 56.3 Å². The number of rotatable bonds is 5. The van der Waals surface area contributed by atoms with Crippen molar-refractivity contribution in [1.82, 2.24) is 9.47 Å². The van der Waals surface area contributed by atoms with Crippen LogP contribution < -0.4 is 4.80 Å². The Bertz CT molecular complexity index is 704. The maximum atomic E-state index is 6.22. The number of hydrogen-bond acceptors (Lipinski definition) is 4. The van der Waals surface area contributed by atoms with Crippen molar-refractivity contribution in [1.29, 1.82) is 0 Å². The Balaban J connectivity index is 1.70. The summed E-state index contributed by atoms with van der Waals surface area (Å²) in [6.45, 7) is 8.04. The van der Waals surface area contributed by atoms with Gasteiger partial charge in [-0.15, -0.1) is 11.3 Å². The first-order valence-corrected chi connectivity index (χ1v) is 9.24. The summed E-state index contributed by atoms with van der Waals surface area (Å²) in [7, 11) is 0. The summed E-state index contributed by atoms with van der Waals surface area (Å²) in [6.07, 6.45) is 1.12. The van der Waals surface area contributed by atoms with Gasteiger partial charge in [0.05, 0.1) is 23.9 Å². The van der Waals surface area contributed by atoms with Crippen molar-refractivity contribution in [2.24, 2.45) is 4.99 Å². The molecule has 0 bridgehead atoms. The molecule has 0 spiro atoms. The first-order chi connectivity index (χ1) is 11.2. The molecule has 1 aliphatic rings. The molecular formula is C17H22ClN3OS. The van der Waals surface area contributed by atoms with Crippen LogP contribution in [0.1, 0.15) is 12.1 Å². The average molecular weight is 352 g/mol. The van der Waals surface area contributed by atoms with E-state index in [-0.39, 0.29) is 0 Å². The normalized spacial score (nSPS) is 16.9. The van der Waals surface area contributed by atoms with Gasteiger partial charge in [0.1, 0.15) is 0 Å². The zero-order valence-corrected chi connectivity index (χ0v) is 14.9. The number of aryl methyl sites for hydroxylation is 1. The average Bonchev–Trinajstić information content (AvgIpc) is 2.91. The van der Waals surface area contributed by atoms with E-state index in [9.17, 15) is 0 Å². The molecule has 4 nitrogen and oxygen atoms in total. The van der Waals surface area contributed by atoms with Crippen LogP contribution in [0, 0.1) is 6.92 Å². The molecule has 0 unspecified atom stereocenters. The van der Waals surface area contributed by atoms with E-state index < -0.39 is 0 Å². The van der Waals surface area contributed by atoms with Crippen LogP contribution in [-0.2, 0) is 11.3 Å². The Kier molecular flexibility index (Phi) is 5.89. The molecule has 1 aromatic heterocycles. The zero-order valence-electron chi connectivity index (χ0n) is 13.4. The summed E-state index contributed by atoms with van der Waals surface area (Å²) in [5.74, 6) is 0. The molecule has 0 saturated carbocycles. The molecule has 1 saturated heterocycles. The van der Waals surface area contributed by atoms with Gasteiger partial charge in [0.15, 0.2) is 4.80 Å². The second-order valence-corrected chi connectivity index (χ2v) is 6.93. The van der Waals surface area contributed by atoms with Crippen LogP contribution in [0.5, 0.6) is 0 Å². The van der Waals surface area contributed by atoms with Crippen LogP contribution in [0.3, 0.4) is 0 Å². The molecule has 3 rings (SSSR count). The molecule has 6 heteroatoms. The lowest BCUT2D eigenvalue weighted by Gasteiger charge is -2.26. The molecule has 0 N–H and O–H groups in total. The van der Waals surface area contributed by atoms with Crippen molar-refractivity contribution in [3.05, 3.63) is 45.2 Å². The molecule has 1 aromatic carbocycles. The molecule has 0 aliphatic carbocycles. The van der Waals surface area contributed by atoms with Crippen molar-refractivity contribution in [3.63, 3.8) is 0 Å². The number of nitrogens with zero attached hydrogens (tertiary/aromatic N) is 3. The molecule has 23 heavy (non-hydrogen) atoms. The number of halogens is 1. The summed E-state index contributed by atoms with van der Waals surface area (Å²) < 4.78 is 7.68. The Hall–Kier alpha value is -1.14.